The molecule has 0 aliphatic heterocycles. The molecule has 3 nitrogen and oxygen atoms in total. The summed E-state index contributed by atoms with van der Waals surface area (Å²) in [5, 5.41) is 7.38. The van der Waals surface area contributed by atoms with E-state index >= 15 is 0 Å². The van der Waals surface area contributed by atoms with Crippen molar-refractivity contribution < 1.29 is 0 Å². The van der Waals surface area contributed by atoms with Crippen molar-refractivity contribution >= 4 is 21.7 Å². The van der Waals surface area contributed by atoms with Gasteiger partial charge in [0.1, 0.15) is 0 Å². The minimum absolute atomic E-state index is 0.915. The van der Waals surface area contributed by atoms with Gasteiger partial charge in [-0.2, -0.15) is 5.10 Å². The number of halogens is 1. The lowest BCUT2D eigenvalue weighted by molar-refractivity contribution is 1.01. The predicted molar refractivity (Wildman–Crippen MR) is 75.5 cm³/mol. The molecule has 0 spiro atoms. The zero-order valence-electron chi connectivity index (χ0n) is 10.5. The molecule has 0 bridgehead atoms. The van der Waals surface area contributed by atoms with Gasteiger partial charge < -0.3 is 4.90 Å². The van der Waals surface area contributed by atoms with Crippen molar-refractivity contribution in [2.24, 2.45) is 0 Å². The first-order valence-corrected chi connectivity index (χ1v) is 6.29. The number of anilines is 1. The largest absolute Gasteiger partial charge is 0.360 e. The van der Waals surface area contributed by atoms with Gasteiger partial charge in [-0.25, -0.2) is 0 Å². The van der Waals surface area contributed by atoms with Crippen LogP contribution in [0, 0.1) is 13.8 Å². The third-order valence-electron chi connectivity index (χ3n) is 2.91. The normalized spacial score (nSPS) is 10.6. The van der Waals surface area contributed by atoms with E-state index in [0.29, 0.717) is 0 Å². The summed E-state index contributed by atoms with van der Waals surface area (Å²) in [6, 6.07) is 6.42. The lowest BCUT2D eigenvalue weighted by atomic mass is 10.0. The van der Waals surface area contributed by atoms with E-state index < -0.39 is 0 Å². The lowest BCUT2D eigenvalue weighted by Crippen LogP contribution is -2.09. The number of benzene rings is 1. The van der Waals surface area contributed by atoms with Gasteiger partial charge in [0.2, 0.25) is 0 Å². The monoisotopic (exact) mass is 293 g/mol. The number of rotatable bonds is 2. The Bertz CT molecular complexity index is 544. The second kappa shape index (κ2) is 4.53. The molecule has 0 atom stereocenters. The molecule has 0 saturated heterocycles. The average molecular weight is 294 g/mol. The Morgan fingerprint density at radius 1 is 1.18 bits per heavy atom. The Morgan fingerprint density at radius 2 is 1.88 bits per heavy atom. The smallest absolute Gasteiger partial charge is 0.164 e. The van der Waals surface area contributed by atoms with Crippen LogP contribution in [0.15, 0.2) is 22.7 Å². The highest BCUT2D eigenvalue weighted by molar-refractivity contribution is 9.10. The second-order valence-corrected chi connectivity index (χ2v) is 5.22. The molecule has 0 fully saturated rings. The number of nitrogens with one attached hydrogen (secondary N) is 1. The highest BCUT2D eigenvalue weighted by atomic mass is 79.9. The van der Waals surface area contributed by atoms with Gasteiger partial charge in [-0.3, -0.25) is 5.10 Å². The van der Waals surface area contributed by atoms with Crippen molar-refractivity contribution in [3.63, 3.8) is 0 Å². The molecule has 0 radical (unpaired) electrons. The average Bonchev–Trinajstić information content (AvgIpc) is 2.64. The molecule has 2 rings (SSSR count). The van der Waals surface area contributed by atoms with E-state index in [1.54, 1.807) is 0 Å². The van der Waals surface area contributed by atoms with E-state index in [9.17, 15) is 0 Å². The zero-order valence-corrected chi connectivity index (χ0v) is 12.1. The summed E-state index contributed by atoms with van der Waals surface area (Å²) in [7, 11) is 3.95. The van der Waals surface area contributed by atoms with Crippen LogP contribution in [0.3, 0.4) is 0 Å². The van der Waals surface area contributed by atoms with Gasteiger partial charge in [0.25, 0.3) is 0 Å². The van der Waals surface area contributed by atoms with Crippen LogP contribution in [0.2, 0.25) is 0 Å². The first-order valence-electron chi connectivity index (χ1n) is 5.49. The van der Waals surface area contributed by atoms with Crippen LogP contribution < -0.4 is 4.90 Å². The Labute approximate surface area is 110 Å². The standard InChI is InChI=1S/C13H16BrN3/c1-8-5-6-10(7-9(8)2)12-11(14)13(16-15-12)17(3)4/h5-7H,1-4H3,(H,15,16). The topological polar surface area (TPSA) is 31.9 Å². The van der Waals surface area contributed by atoms with Crippen LogP contribution in [0.1, 0.15) is 11.1 Å². The minimum Gasteiger partial charge on any atom is -0.360 e. The number of aromatic nitrogens is 2. The highest BCUT2D eigenvalue weighted by Crippen LogP contribution is 2.33. The maximum Gasteiger partial charge on any atom is 0.164 e. The number of hydrogen-bond donors (Lipinski definition) is 1. The van der Waals surface area contributed by atoms with Crippen molar-refractivity contribution in [2.75, 3.05) is 19.0 Å². The summed E-state index contributed by atoms with van der Waals surface area (Å²) in [6.45, 7) is 4.24. The molecular weight excluding hydrogens is 278 g/mol. The summed E-state index contributed by atoms with van der Waals surface area (Å²) in [5.41, 5.74) is 4.77. The fourth-order valence-corrected chi connectivity index (χ4v) is 2.46. The summed E-state index contributed by atoms with van der Waals surface area (Å²) >= 11 is 3.60. The van der Waals surface area contributed by atoms with Gasteiger partial charge in [0, 0.05) is 19.7 Å². The molecule has 0 unspecified atom stereocenters. The number of hydrogen-bond acceptors (Lipinski definition) is 2. The third-order valence-corrected chi connectivity index (χ3v) is 3.66. The predicted octanol–water partition coefficient (Wildman–Crippen LogP) is 3.52. The van der Waals surface area contributed by atoms with Crippen LogP contribution in [0.4, 0.5) is 5.82 Å². The van der Waals surface area contributed by atoms with Crippen LogP contribution >= 0.6 is 15.9 Å². The molecule has 4 heteroatoms. The molecule has 0 aliphatic carbocycles. The van der Waals surface area contributed by atoms with E-state index in [1.165, 1.54) is 11.1 Å². The van der Waals surface area contributed by atoms with E-state index in [0.717, 1.165) is 21.5 Å². The van der Waals surface area contributed by atoms with Crippen molar-refractivity contribution in [1.29, 1.82) is 0 Å². The van der Waals surface area contributed by atoms with Crippen LogP contribution in [-0.2, 0) is 0 Å². The first-order chi connectivity index (χ1) is 8.00. The van der Waals surface area contributed by atoms with Gasteiger partial charge in [-0.05, 0) is 47.0 Å². The third kappa shape index (κ3) is 2.22. The highest BCUT2D eigenvalue weighted by Gasteiger charge is 2.13. The molecule has 1 aromatic heterocycles. The van der Waals surface area contributed by atoms with Gasteiger partial charge in [0.15, 0.2) is 5.82 Å². The number of aromatic amines is 1. The van der Waals surface area contributed by atoms with Crippen molar-refractivity contribution in [3.8, 4) is 11.3 Å². The molecule has 17 heavy (non-hydrogen) atoms. The van der Waals surface area contributed by atoms with Gasteiger partial charge in [0.05, 0.1) is 10.2 Å². The molecule has 1 heterocycles. The maximum atomic E-state index is 4.30. The van der Waals surface area contributed by atoms with E-state index in [4.69, 9.17) is 0 Å². The number of H-pyrrole nitrogens is 1. The Morgan fingerprint density at radius 3 is 2.41 bits per heavy atom. The van der Waals surface area contributed by atoms with Crippen LogP contribution in [-0.4, -0.2) is 24.3 Å². The molecule has 90 valence electrons. The van der Waals surface area contributed by atoms with E-state index in [-0.39, 0.29) is 0 Å². The van der Waals surface area contributed by atoms with Crippen molar-refractivity contribution in [3.05, 3.63) is 33.8 Å². The fourth-order valence-electron chi connectivity index (χ4n) is 1.70. The van der Waals surface area contributed by atoms with Crippen molar-refractivity contribution in [1.82, 2.24) is 10.2 Å². The Hall–Kier alpha value is -1.29. The summed E-state index contributed by atoms with van der Waals surface area (Å²) < 4.78 is 1.01. The molecule has 0 aliphatic rings. The first kappa shape index (κ1) is 12.2. The quantitative estimate of drug-likeness (QED) is 0.919. The Kier molecular flexibility index (Phi) is 3.24. The van der Waals surface area contributed by atoms with Crippen LogP contribution in [0.5, 0.6) is 0 Å². The molecule has 1 N–H and O–H groups in total. The Balaban J connectivity index is 2.50. The molecular formula is C13H16BrN3. The zero-order chi connectivity index (χ0) is 12.6. The molecule has 2 aromatic rings. The molecule has 0 saturated carbocycles. The lowest BCUT2D eigenvalue weighted by Gasteiger charge is -2.08. The SMILES string of the molecule is Cc1ccc(-c2[nH]nc(N(C)C)c2Br)cc1C. The van der Waals surface area contributed by atoms with E-state index in [1.807, 2.05) is 19.0 Å². The van der Waals surface area contributed by atoms with Crippen molar-refractivity contribution in [2.45, 2.75) is 13.8 Å². The second-order valence-electron chi connectivity index (χ2n) is 4.43. The van der Waals surface area contributed by atoms with Gasteiger partial charge in [-0.15, -0.1) is 0 Å². The van der Waals surface area contributed by atoms with Gasteiger partial charge in [-0.1, -0.05) is 12.1 Å². The summed E-state index contributed by atoms with van der Waals surface area (Å²) in [6.07, 6.45) is 0. The van der Waals surface area contributed by atoms with Gasteiger partial charge >= 0.3 is 0 Å². The van der Waals surface area contributed by atoms with Crippen LogP contribution in [0.25, 0.3) is 11.3 Å². The minimum atomic E-state index is 0.915. The molecule has 0 amide bonds. The maximum absolute atomic E-state index is 4.30. The summed E-state index contributed by atoms with van der Waals surface area (Å²) in [5.74, 6) is 0.915. The molecule has 1 aromatic carbocycles. The van der Waals surface area contributed by atoms with E-state index in [2.05, 4.69) is 58.2 Å². The number of nitrogens with zero attached hydrogens (tertiary/aromatic N) is 2. The fraction of sp³-hybridized carbons (Fsp3) is 0.308. The number of aryl methyl sites for hydroxylation is 2. The summed E-state index contributed by atoms with van der Waals surface area (Å²) in [4.78, 5) is 1.98.